The molecular formula is C12H20N2S. The predicted molar refractivity (Wildman–Crippen MR) is 67.7 cm³/mol. The summed E-state index contributed by atoms with van der Waals surface area (Å²) in [5.74, 6) is 0. The van der Waals surface area contributed by atoms with E-state index in [9.17, 15) is 0 Å². The minimum Gasteiger partial charge on any atom is -0.363 e. The van der Waals surface area contributed by atoms with Crippen molar-refractivity contribution in [2.45, 2.75) is 44.7 Å². The molecule has 0 amide bonds. The SMILES string of the molecule is Cc1ccsc1N(C)C1CCC(N)CC1. The second-order valence-electron chi connectivity index (χ2n) is 4.59. The van der Waals surface area contributed by atoms with Crippen LogP contribution in [0.15, 0.2) is 11.4 Å². The van der Waals surface area contributed by atoms with Gasteiger partial charge in [-0.25, -0.2) is 0 Å². The van der Waals surface area contributed by atoms with Crippen LogP contribution in [0.25, 0.3) is 0 Å². The predicted octanol–water partition coefficient (Wildman–Crippen LogP) is 2.76. The maximum atomic E-state index is 5.93. The summed E-state index contributed by atoms with van der Waals surface area (Å²) in [5, 5.41) is 3.60. The number of rotatable bonds is 2. The summed E-state index contributed by atoms with van der Waals surface area (Å²) in [6, 6.07) is 3.34. The Bertz CT molecular complexity index is 313. The van der Waals surface area contributed by atoms with Gasteiger partial charge < -0.3 is 10.6 Å². The normalized spacial score (nSPS) is 26.6. The molecule has 1 saturated carbocycles. The molecule has 1 aliphatic carbocycles. The molecule has 0 unspecified atom stereocenters. The smallest absolute Gasteiger partial charge is 0.0938 e. The number of nitrogens with zero attached hydrogens (tertiary/aromatic N) is 1. The summed E-state index contributed by atoms with van der Waals surface area (Å²) in [6.07, 6.45) is 4.85. The Kier molecular flexibility index (Phi) is 3.32. The molecule has 3 heteroatoms. The van der Waals surface area contributed by atoms with Gasteiger partial charge in [0.15, 0.2) is 0 Å². The maximum Gasteiger partial charge on any atom is 0.0938 e. The first-order chi connectivity index (χ1) is 7.18. The van der Waals surface area contributed by atoms with Crippen LogP contribution in [0.4, 0.5) is 5.00 Å². The monoisotopic (exact) mass is 224 g/mol. The van der Waals surface area contributed by atoms with Crippen molar-refractivity contribution in [3.05, 3.63) is 17.0 Å². The largest absolute Gasteiger partial charge is 0.363 e. The van der Waals surface area contributed by atoms with Crippen LogP contribution in [-0.2, 0) is 0 Å². The molecule has 2 nitrogen and oxygen atoms in total. The standard InChI is InChI=1S/C12H20N2S/c1-9-7-8-15-12(9)14(2)11-5-3-10(13)4-6-11/h7-8,10-11H,3-6,13H2,1-2H3. The first kappa shape index (κ1) is 11.0. The van der Waals surface area contributed by atoms with Gasteiger partial charge in [-0.2, -0.15) is 0 Å². The molecule has 1 fully saturated rings. The van der Waals surface area contributed by atoms with E-state index in [1.54, 1.807) is 0 Å². The molecule has 15 heavy (non-hydrogen) atoms. The average Bonchev–Trinajstić information content (AvgIpc) is 2.65. The van der Waals surface area contributed by atoms with Gasteiger partial charge in [0.25, 0.3) is 0 Å². The van der Waals surface area contributed by atoms with Gasteiger partial charge in [-0.1, -0.05) is 0 Å². The minimum atomic E-state index is 0.444. The number of thiophene rings is 1. The Morgan fingerprint density at radius 2 is 2.00 bits per heavy atom. The summed E-state index contributed by atoms with van der Waals surface area (Å²) in [6.45, 7) is 2.19. The van der Waals surface area contributed by atoms with Crippen molar-refractivity contribution >= 4 is 16.3 Å². The molecule has 2 N–H and O–H groups in total. The van der Waals surface area contributed by atoms with E-state index in [0.29, 0.717) is 12.1 Å². The molecule has 2 rings (SSSR count). The first-order valence-corrected chi connectivity index (χ1v) is 6.59. The molecule has 1 heterocycles. The molecule has 1 aliphatic rings. The van der Waals surface area contributed by atoms with Crippen LogP contribution in [-0.4, -0.2) is 19.1 Å². The second-order valence-corrected chi connectivity index (χ2v) is 5.48. The number of anilines is 1. The third kappa shape index (κ3) is 2.34. The topological polar surface area (TPSA) is 29.3 Å². The van der Waals surface area contributed by atoms with Crippen LogP contribution in [0.5, 0.6) is 0 Å². The van der Waals surface area contributed by atoms with Crippen LogP contribution in [0.2, 0.25) is 0 Å². The highest BCUT2D eigenvalue weighted by atomic mass is 32.1. The van der Waals surface area contributed by atoms with E-state index >= 15 is 0 Å². The summed E-state index contributed by atoms with van der Waals surface area (Å²) < 4.78 is 0. The van der Waals surface area contributed by atoms with Crippen molar-refractivity contribution in [2.24, 2.45) is 5.73 Å². The number of hydrogen-bond acceptors (Lipinski definition) is 3. The van der Waals surface area contributed by atoms with E-state index in [0.717, 1.165) is 0 Å². The van der Waals surface area contributed by atoms with Gasteiger partial charge in [-0.15, -0.1) is 11.3 Å². The Morgan fingerprint density at radius 3 is 2.53 bits per heavy atom. The molecule has 0 radical (unpaired) electrons. The fraction of sp³-hybridized carbons (Fsp3) is 0.667. The van der Waals surface area contributed by atoms with Gasteiger partial charge in [0, 0.05) is 19.1 Å². The van der Waals surface area contributed by atoms with Crippen molar-refractivity contribution in [3.8, 4) is 0 Å². The summed E-state index contributed by atoms with van der Waals surface area (Å²) in [4.78, 5) is 2.45. The van der Waals surface area contributed by atoms with Crippen LogP contribution >= 0.6 is 11.3 Å². The lowest BCUT2D eigenvalue weighted by atomic mass is 9.91. The van der Waals surface area contributed by atoms with Crippen molar-refractivity contribution < 1.29 is 0 Å². The Hall–Kier alpha value is -0.540. The molecule has 0 saturated heterocycles. The fourth-order valence-corrected chi connectivity index (χ4v) is 3.35. The van der Waals surface area contributed by atoms with E-state index in [1.165, 1.54) is 36.2 Å². The molecule has 0 bridgehead atoms. The molecule has 1 aromatic rings. The quantitative estimate of drug-likeness (QED) is 0.837. The highest BCUT2D eigenvalue weighted by molar-refractivity contribution is 7.14. The number of nitrogens with two attached hydrogens (primary N) is 1. The molecule has 84 valence electrons. The van der Waals surface area contributed by atoms with Gasteiger partial charge in [-0.3, -0.25) is 0 Å². The Labute approximate surface area is 96.1 Å². The molecule has 0 spiro atoms. The van der Waals surface area contributed by atoms with Crippen LogP contribution in [0.3, 0.4) is 0 Å². The molecule has 1 aromatic heterocycles. The minimum absolute atomic E-state index is 0.444. The van der Waals surface area contributed by atoms with E-state index in [-0.39, 0.29) is 0 Å². The second kappa shape index (κ2) is 4.54. The van der Waals surface area contributed by atoms with E-state index in [4.69, 9.17) is 5.73 Å². The van der Waals surface area contributed by atoms with Crippen molar-refractivity contribution in [3.63, 3.8) is 0 Å². The van der Waals surface area contributed by atoms with Crippen molar-refractivity contribution in [1.29, 1.82) is 0 Å². The van der Waals surface area contributed by atoms with Gasteiger partial charge >= 0.3 is 0 Å². The lowest BCUT2D eigenvalue weighted by Crippen LogP contribution is -2.38. The summed E-state index contributed by atoms with van der Waals surface area (Å²) >= 11 is 1.85. The van der Waals surface area contributed by atoms with Crippen molar-refractivity contribution in [1.82, 2.24) is 0 Å². The fourth-order valence-electron chi connectivity index (χ4n) is 2.38. The van der Waals surface area contributed by atoms with Gasteiger partial charge in [-0.05, 0) is 49.6 Å². The lowest BCUT2D eigenvalue weighted by molar-refractivity contribution is 0.385. The third-order valence-corrected chi connectivity index (χ3v) is 4.55. The Morgan fingerprint density at radius 1 is 1.33 bits per heavy atom. The summed E-state index contributed by atoms with van der Waals surface area (Å²) in [7, 11) is 2.22. The van der Waals surface area contributed by atoms with E-state index in [2.05, 4.69) is 30.3 Å². The zero-order chi connectivity index (χ0) is 10.8. The van der Waals surface area contributed by atoms with E-state index < -0.39 is 0 Å². The molecule has 0 atom stereocenters. The lowest BCUT2D eigenvalue weighted by Gasteiger charge is -2.34. The third-order valence-electron chi connectivity index (χ3n) is 3.44. The molecular weight excluding hydrogens is 204 g/mol. The number of aryl methyl sites for hydroxylation is 1. The van der Waals surface area contributed by atoms with Crippen LogP contribution in [0, 0.1) is 6.92 Å². The van der Waals surface area contributed by atoms with Gasteiger partial charge in [0.05, 0.1) is 5.00 Å². The molecule has 0 aromatic carbocycles. The first-order valence-electron chi connectivity index (χ1n) is 5.71. The number of hydrogen-bond donors (Lipinski definition) is 1. The highest BCUT2D eigenvalue weighted by Crippen LogP contribution is 2.31. The highest BCUT2D eigenvalue weighted by Gasteiger charge is 2.23. The molecule has 0 aliphatic heterocycles. The van der Waals surface area contributed by atoms with E-state index in [1.807, 2.05) is 11.3 Å². The van der Waals surface area contributed by atoms with Gasteiger partial charge in [0.2, 0.25) is 0 Å². The zero-order valence-corrected chi connectivity index (χ0v) is 10.4. The Balaban J connectivity index is 2.02. The van der Waals surface area contributed by atoms with Crippen LogP contribution in [0.1, 0.15) is 31.2 Å². The maximum absolute atomic E-state index is 5.93. The zero-order valence-electron chi connectivity index (χ0n) is 9.57. The van der Waals surface area contributed by atoms with Crippen LogP contribution < -0.4 is 10.6 Å². The summed E-state index contributed by atoms with van der Waals surface area (Å²) in [5.41, 5.74) is 7.33. The van der Waals surface area contributed by atoms with Crippen molar-refractivity contribution in [2.75, 3.05) is 11.9 Å². The van der Waals surface area contributed by atoms with Gasteiger partial charge in [0.1, 0.15) is 0 Å². The average molecular weight is 224 g/mol.